The van der Waals surface area contributed by atoms with Gasteiger partial charge in [0.15, 0.2) is 0 Å². The van der Waals surface area contributed by atoms with Gasteiger partial charge in [0.25, 0.3) is 5.91 Å². The minimum atomic E-state index is -0.604. The Morgan fingerprint density at radius 1 is 1.48 bits per heavy atom. The summed E-state index contributed by atoms with van der Waals surface area (Å²) in [6.45, 7) is 0.224. The Labute approximate surface area is 121 Å². The summed E-state index contributed by atoms with van der Waals surface area (Å²) in [6, 6.07) is 4.09. The van der Waals surface area contributed by atoms with E-state index in [1.165, 1.54) is 18.2 Å². The van der Waals surface area contributed by atoms with E-state index in [2.05, 4.69) is 27.4 Å². The van der Waals surface area contributed by atoms with Gasteiger partial charge in [-0.2, -0.15) is 5.10 Å². The number of aromatic amines is 1. The quantitative estimate of drug-likeness (QED) is 0.740. The fourth-order valence-corrected chi connectivity index (χ4v) is 1.65. The van der Waals surface area contributed by atoms with Crippen molar-refractivity contribution in [3.8, 4) is 11.8 Å². The van der Waals surface area contributed by atoms with Crippen LogP contribution >= 0.6 is 0 Å². The highest BCUT2D eigenvalue weighted by Crippen LogP contribution is 2.10. The number of hydrogen-bond donors (Lipinski definition) is 3. The van der Waals surface area contributed by atoms with Crippen LogP contribution in [0.1, 0.15) is 27.9 Å². The molecule has 0 aliphatic carbocycles. The van der Waals surface area contributed by atoms with Gasteiger partial charge in [-0.25, -0.2) is 4.39 Å². The Hall–Kier alpha value is -2.65. The van der Waals surface area contributed by atoms with E-state index in [1.807, 2.05) is 0 Å². The molecule has 0 radical (unpaired) electrons. The number of nitrogens with zero attached hydrogens (tertiary/aromatic N) is 1. The van der Waals surface area contributed by atoms with Gasteiger partial charge in [-0.3, -0.25) is 9.89 Å². The van der Waals surface area contributed by atoms with Crippen LogP contribution in [0.5, 0.6) is 0 Å². The SMILES string of the molecule is O=C(NCc1cn[nH]c1)c1cc(C#CCCO)ccc1F. The van der Waals surface area contributed by atoms with Crippen molar-refractivity contribution in [2.45, 2.75) is 13.0 Å². The highest BCUT2D eigenvalue weighted by atomic mass is 19.1. The van der Waals surface area contributed by atoms with Crippen molar-refractivity contribution in [3.05, 3.63) is 53.1 Å². The third kappa shape index (κ3) is 4.16. The van der Waals surface area contributed by atoms with Crippen LogP contribution in [-0.2, 0) is 6.54 Å². The summed E-state index contributed by atoms with van der Waals surface area (Å²) in [5, 5.41) is 17.7. The maximum absolute atomic E-state index is 13.7. The van der Waals surface area contributed by atoms with Gasteiger partial charge in [0.2, 0.25) is 0 Å². The molecule has 1 amide bonds. The van der Waals surface area contributed by atoms with Crippen LogP contribution in [0.4, 0.5) is 4.39 Å². The molecule has 0 unspecified atom stereocenters. The molecule has 0 atom stereocenters. The molecule has 0 spiro atoms. The molecule has 2 rings (SSSR count). The number of aliphatic hydroxyl groups is 1. The molecule has 2 aromatic rings. The van der Waals surface area contributed by atoms with Crippen LogP contribution in [0.2, 0.25) is 0 Å². The average Bonchev–Trinajstić information content (AvgIpc) is 3.00. The lowest BCUT2D eigenvalue weighted by atomic mass is 10.1. The van der Waals surface area contributed by atoms with E-state index in [4.69, 9.17) is 5.11 Å². The van der Waals surface area contributed by atoms with Crippen molar-refractivity contribution >= 4 is 5.91 Å². The monoisotopic (exact) mass is 287 g/mol. The van der Waals surface area contributed by atoms with E-state index in [0.717, 1.165) is 5.56 Å². The Balaban J connectivity index is 2.09. The number of hydrogen-bond acceptors (Lipinski definition) is 3. The number of rotatable bonds is 4. The molecular weight excluding hydrogens is 273 g/mol. The van der Waals surface area contributed by atoms with Gasteiger partial charge < -0.3 is 10.4 Å². The van der Waals surface area contributed by atoms with Crippen molar-refractivity contribution < 1.29 is 14.3 Å². The van der Waals surface area contributed by atoms with Crippen molar-refractivity contribution in [2.24, 2.45) is 0 Å². The normalized spacial score (nSPS) is 9.81. The molecule has 5 nitrogen and oxygen atoms in total. The predicted octanol–water partition coefficient (Wildman–Crippen LogP) is 1.21. The fraction of sp³-hybridized carbons (Fsp3) is 0.200. The summed E-state index contributed by atoms with van der Waals surface area (Å²) in [5.74, 6) is 4.37. The second-order valence-corrected chi connectivity index (χ2v) is 4.26. The number of halogens is 1. The third-order valence-electron chi connectivity index (χ3n) is 2.69. The topological polar surface area (TPSA) is 78.0 Å². The molecule has 3 N–H and O–H groups in total. The molecule has 1 aromatic carbocycles. The standard InChI is InChI=1S/C15H14FN3O2/c16-14-5-4-11(3-1-2-6-20)7-13(14)15(21)17-8-12-9-18-19-10-12/h4-5,7,9-10,20H,2,6,8H2,(H,17,21)(H,18,19). The third-order valence-corrected chi connectivity index (χ3v) is 2.69. The summed E-state index contributed by atoms with van der Waals surface area (Å²) in [4.78, 5) is 12.0. The first-order valence-electron chi connectivity index (χ1n) is 6.36. The molecule has 0 fully saturated rings. The lowest BCUT2D eigenvalue weighted by Crippen LogP contribution is -2.23. The Morgan fingerprint density at radius 3 is 3.05 bits per heavy atom. The fourth-order valence-electron chi connectivity index (χ4n) is 1.65. The zero-order valence-corrected chi connectivity index (χ0v) is 11.2. The number of benzene rings is 1. The second kappa shape index (κ2) is 7.22. The Bertz CT molecular complexity index is 672. The molecule has 0 saturated carbocycles. The number of carbonyl (C=O) groups excluding carboxylic acids is 1. The van der Waals surface area contributed by atoms with Gasteiger partial charge in [-0.15, -0.1) is 0 Å². The van der Waals surface area contributed by atoms with Gasteiger partial charge in [-0.1, -0.05) is 11.8 Å². The summed E-state index contributed by atoms with van der Waals surface area (Å²) >= 11 is 0. The summed E-state index contributed by atoms with van der Waals surface area (Å²) in [6.07, 6.45) is 3.56. The zero-order chi connectivity index (χ0) is 15.1. The van der Waals surface area contributed by atoms with Crippen LogP contribution < -0.4 is 5.32 Å². The Morgan fingerprint density at radius 2 is 2.33 bits per heavy atom. The number of carbonyl (C=O) groups is 1. The summed E-state index contributed by atoms with van der Waals surface area (Å²) in [5.41, 5.74) is 1.26. The molecule has 1 aromatic heterocycles. The van der Waals surface area contributed by atoms with Crippen molar-refractivity contribution in [1.29, 1.82) is 0 Å². The summed E-state index contributed by atoms with van der Waals surface area (Å²) < 4.78 is 13.7. The first-order chi connectivity index (χ1) is 10.2. The van der Waals surface area contributed by atoms with Crippen LogP contribution in [0.25, 0.3) is 0 Å². The number of amides is 1. The van der Waals surface area contributed by atoms with E-state index in [-0.39, 0.29) is 18.7 Å². The van der Waals surface area contributed by atoms with E-state index in [0.29, 0.717) is 12.0 Å². The highest BCUT2D eigenvalue weighted by Gasteiger charge is 2.12. The molecule has 1 heterocycles. The largest absolute Gasteiger partial charge is 0.395 e. The highest BCUT2D eigenvalue weighted by molar-refractivity contribution is 5.94. The average molecular weight is 287 g/mol. The smallest absolute Gasteiger partial charge is 0.254 e. The van der Waals surface area contributed by atoms with Crippen LogP contribution in [0.15, 0.2) is 30.6 Å². The lowest BCUT2D eigenvalue weighted by Gasteiger charge is -2.05. The number of aliphatic hydroxyl groups excluding tert-OH is 1. The van der Waals surface area contributed by atoms with Crippen molar-refractivity contribution in [1.82, 2.24) is 15.5 Å². The van der Waals surface area contributed by atoms with Gasteiger partial charge in [0, 0.05) is 30.3 Å². The minimum absolute atomic E-state index is 0.0355. The van der Waals surface area contributed by atoms with Crippen molar-refractivity contribution in [3.63, 3.8) is 0 Å². The molecule has 6 heteroatoms. The number of nitrogens with one attached hydrogen (secondary N) is 2. The van der Waals surface area contributed by atoms with E-state index in [9.17, 15) is 9.18 Å². The van der Waals surface area contributed by atoms with Crippen LogP contribution in [0.3, 0.4) is 0 Å². The van der Waals surface area contributed by atoms with Gasteiger partial charge >= 0.3 is 0 Å². The molecule has 0 aliphatic heterocycles. The summed E-state index contributed by atoms with van der Waals surface area (Å²) in [7, 11) is 0. The molecular formula is C15H14FN3O2. The zero-order valence-electron chi connectivity index (χ0n) is 11.2. The minimum Gasteiger partial charge on any atom is -0.395 e. The molecule has 0 bridgehead atoms. The van der Waals surface area contributed by atoms with Crippen molar-refractivity contribution in [2.75, 3.05) is 6.61 Å². The molecule has 0 aliphatic rings. The van der Waals surface area contributed by atoms with E-state index >= 15 is 0 Å². The molecule has 21 heavy (non-hydrogen) atoms. The first-order valence-corrected chi connectivity index (χ1v) is 6.36. The maximum Gasteiger partial charge on any atom is 0.254 e. The second-order valence-electron chi connectivity index (χ2n) is 4.26. The van der Waals surface area contributed by atoms with Crippen LogP contribution in [0, 0.1) is 17.7 Å². The van der Waals surface area contributed by atoms with Gasteiger partial charge in [0.05, 0.1) is 18.4 Å². The molecule has 0 saturated heterocycles. The van der Waals surface area contributed by atoms with Crippen LogP contribution in [-0.4, -0.2) is 27.8 Å². The maximum atomic E-state index is 13.7. The number of H-pyrrole nitrogens is 1. The van der Waals surface area contributed by atoms with E-state index in [1.54, 1.807) is 12.4 Å². The van der Waals surface area contributed by atoms with Gasteiger partial charge in [-0.05, 0) is 18.2 Å². The number of aromatic nitrogens is 2. The van der Waals surface area contributed by atoms with Gasteiger partial charge in [0.1, 0.15) is 5.82 Å². The Kier molecular flexibility index (Phi) is 5.07. The lowest BCUT2D eigenvalue weighted by molar-refractivity contribution is 0.0947. The first kappa shape index (κ1) is 14.8. The molecule has 108 valence electrons. The predicted molar refractivity (Wildman–Crippen MR) is 74.7 cm³/mol. The van der Waals surface area contributed by atoms with E-state index < -0.39 is 11.7 Å².